The highest BCUT2D eigenvalue weighted by atomic mass is 16.3. The third-order valence-electron chi connectivity index (χ3n) is 5.85. The number of piperidine rings is 1. The molecular weight excluding hydrogens is 352 g/mol. The van der Waals surface area contributed by atoms with Gasteiger partial charge in [0.25, 0.3) is 5.91 Å². The van der Waals surface area contributed by atoms with E-state index < -0.39 is 17.7 Å². The van der Waals surface area contributed by atoms with Crippen molar-refractivity contribution in [2.45, 2.75) is 43.9 Å². The number of likely N-dealkylation sites (tertiary alicyclic amines) is 1. The van der Waals surface area contributed by atoms with Crippen LogP contribution in [0.3, 0.4) is 0 Å². The summed E-state index contributed by atoms with van der Waals surface area (Å²) >= 11 is 0. The lowest BCUT2D eigenvalue weighted by Gasteiger charge is -2.49. The number of nitrogens with zero attached hydrogens (tertiary/aromatic N) is 1. The van der Waals surface area contributed by atoms with Gasteiger partial charge in [0.1, 0.15) is 0 Å². The van der Waals surface area contributed by atoms with Crippen molar-refractivity contribution in [1.82, 2.24) is 10.2 Å². The van der Waals surface area contributed by atoms with Crippen LogP contribution in [0.2, 0.25) is 0 Å². The number of benzene rings is 2. The second-order valence-corrected chi connectivity index (χ2v) is 8.09. The number of carbonyl (C=O) groups excluding carboxylic acids is 2. The molecule has 1 heterocycles. The molecule has 4 rings (SSSR count). The zero-order chi connectivity index (χ0) is 19.7. The largest absolute Gasteiger partial charge is 0.388 e. The fourth-order valence-electron chi connectivity index (χ4n) is 4.01. The summed E-state index contributed by atoms with van der Waals surface area (Å²) < 4.78 is 0. The number of carbonyl (C=O) groups is 2. The van der Waals surface area contributed by atoms with E-state index >= 15 is 0 Å². The Balaban J connectivity index is 1.72. The molecule has 2 amide bonds. The van der Waals surface area contributed by atoms with Gasteiger partial charge < -0.3 is 15.3 Å². The van der Waals surface area contributed by atoms with Crippen LogP contribution in [0.15, 0.2) is 60.7 Å². The Hall–Kier alpha value is -2.66. The maximum atomic E-state index is 13.3. The number of hydrogen-bond acceptors (Lipinski definition) is 3. The van der Waals surface area contributed by atoms with E-state index in [1.54, 1.807) is 24.0 Å². The topological polar surface area (TPSA) is 69.6 Å². The third kappa shape index (κ3) is 3.67. The molecule has 1 saturated heterocycles. The summed E-state index contributed by atoms with van der Waals surface area (Å²) in [6.07, 6.45) is 2.19. The molecule has 3 atom stereocenters. The van der Waals surface area contributed by atoms with Gasteiger partial charge in [-0.15, -0.1) is 0 Å². The van der Waals surface area contributed by atoms with Gasteiger partial charge in [0.15, 0.2) is 0 Å². The Morgan fingerprint density at radius 3 is 2.25 bits per heavy atom. The van der Waals surface area contributed by atoms with E-state index in [1.165, 1.54) is 0 Å². The van der Waals surface area contributed by atoms with Gasteiger partial charge in [-0.05, 0) is 43.9 Å². The maximum Gasteiger partial charge on any atom is 0.254 e. The van der Waals surface area contributed by atoms with Crippen LogP contribution in [0, 0.1) is 5.92 Å². The lowest BCUT2D eigenvalue weighted by molar-refractivity contribution is -0.128. The molecule has 0 bridgehead atoms. The standard InChI is InChI=1S/C23H26N2O3/c1-23(28)14-15-25(22(27)18-10-6-3-7-11-18)19(16-8-4-2-5-9-16)20(23)24-21(26)17-12-13-17/h2-11,17,19-20,28H,12-15H2,1H3,(H,24,26). The van der Waals surface area contributed by atoms with Gasteiger partial charge in [-0.1, -0.05) is 48.5 Å². The molecule has 0 radical (unpaired) electrons. The average Bonchev–Trinajstić information content (AvgIpc) is 3.55. The summed E-state index contributed by atoms with van der Waals surface area (Å²) in [5, 5.41) is 14.2. The first-order chi connectivity index (χ1) is 13.5. The molecular formula is C23H26N2O3. The van der Waals surface area contributed by atoms with E-state index in [1.807, 2.05) is 48.5 Å². The van der Waals surface area contributed by atoms with Gasteiger partial charge in [-0.2, -0.15) is 0 Å². The van der Waals surface area contributed by atoms with Crippen molar-refractivity contribution in [2.24, 2.45) is 5.92 Å². The first kappa shape index (κ1) is 18.7. The highest BCUT2D eigenvalue weighted by Crippen LogP contribution is 2.39. The van der Waals surface area contributed by atoms with E-state index in [0.29, 0.717) is 18.5 Å². The van der Waals surface area contributed by atoms with Gasteiger partial charge in [0, 0.05) is 18.0 Å². The fraction of sp³-hybridized carbons (Fsp3) is 0.391. The molecule has 1 aliphatic heterocycles. The molecule has 0 aromatic heterocycles. The van der Waals surface area contributed by atoms with E-state index in [0.717, 1.165) is 18.4 Å². The minimum absolute atomic E-state index is 0.0276. The van der Waals surface area contributed by atoms with E-state index in [-0.39, 0.29) is 17.7 Å². The van der Waals surface area contributed by atoms with E-state index in [2.05, 4.69) is 5.32 Å². The molecule has 2 N–H and O–H groups in total. The van der Waals surface area contributed by atoms with Gasteiger partial charge in [0.05, 0.1) is 17.7 Å². The second-order valence-electron chi connectivity index (χ2n) is 8.09. The molecule has 28 heavy (non-hydrogen) atoms. The molecule has 2 aromatic carbocycles. The molecule has 2 aromatic rings. The van der Waals surface area contributed by atoms with Crippen molar-refractivity contribution in [1.29, 1.82) is 0 Å². The summed E-state index contributed by atoms with van der Waals surface area (Å²) in [6.45, 7) is 2.18. The summed E-state index contributed by atoms with van der Waals surface area (Å²) in [6, 6.07) is 17.8. The maximum absolute atomic E-state index is 13.3. The number of rotatable bonds is 4. The fourth-order valence-corrected chi connectivity index (χ4v) is 4.01. The quantitative estimate of drug-likeness (QED) is 0.859. The first-order valence-electron chi connectivity index (χ1n) is 9.91. The summed E-state index contributed by atoms with van der Waals surface area (Å²) in [7, 11) is 0. The number of aliphatic hydroxyl groups is 1. The zero-order valence-corrected chi connectivity index (χ0v) is 16.0. The summed E-state index contributed by atoms with van der Waals surface area (Å²) in [5.74, 6) is -0.0803. The van der Waals surface area contributed by atoms with Crippen molar-refractivity contribution < 1.29 is 14.7 Å². The Morgan fingerprint density at radius 2 is 1.64 bits per heavy atom. The molecule has 146 valence electrons. The highest BCUT2D eigenvalue weighted by Gasteiger charge is 2.48. The predicted molar refractivity (Wildman–Crippen MR) is 107 cm³/mol. The first-order valence-corrected chi connectivity index (χ1v) is 9.91. The van der Waals surface area contributed by atoms with E-state index in [4.69, 9.17) is 0 Å². The summed E-state index contributed by atoms with van der Waals surface area (Å²) in [5.41, 5.74) is 0.420. The molecule has 3 unspecified atom stereocenters. The van der Waals surface area contributed by atoms with Gasteiger partial charge in [0.2, 0.25) is 5.91 Å². The van der Waals surface area contributed by atoms with Gasteiger partial charge in [-0.3, -0.25) is 9.59 Å². The van der Waals surface area contributed by atoms with Gasteiger partial charge >= 0.3 is 0 Å². The molecule has 1 aliphatic carbocycles. The molecule has 1 saturated carbocycles. The number of amides is 2. The van der Waals surface area contributed by atoms with Crippen LogP contribution in [0.5, 0.6) is 0 Å². The Morgan fingerprint density at radius 1 is 1.04 bits per heavy atom. The van der Waals surface area contributed by atoms with Crippen LogP contribution >= 0.6 is 0 Å². The average molecular weight is 378 g/mol. The minimum atomic E-state index is -1.10. The highest BCUT2D eigenvalue weighted by molar-refractivity contribution is 5.94. The predicted octanol–water partition coefficient (Wildman–Crippen LogP) is 2.92. The van der Waals surface area contributed by atoms with Crippen LogP contribution in [-0.2, 0) is 4.79 Å². The Labute approximate surface area is 165 Å². The number of nitrogens with one attached hydrogen (secondary N) is 1. The lowest BCUT2D eigenvalue weighted by atomic mass is 9.79. The smallest absolute Gasteiger partial charge is 0.254 e. The summed E-state index contributed by atoms with van der Waals surface area (Å²) in [4.78, 5) is 27.7. The third-order valence-corrected chi connectivity index (χ3v) is 5.85. The normalized spacial score (nSPS) is 27.3. The Bertz CT molecular complexity index is 847. The molecule has 2 aliphatic rings. The van der Waals surface area contributed by atoms with Crippen LogP contribution in [0.4, 0.5) is 0 Å². The van der Waals surface area contributed by atoms with Crippen molar-refractivity contribution in [2.75, 3.05) is 6.54 Å². The van der Waals surface area contributed by atoms with Gasteiger partial charge in [-0.25, -0.2) is 0 Å². The number of hydrogen-bond donors (Lipinski definition) is 2. The van der Waals surface area contributed by atoms with Crippen molar-refractivity contribution in [3.63, 3.8) is 0 Å². The zero-order valence-electron chi connectivity index (χ0n) is 16.0. The van der Waals surface area contributed by atoms with Crippen molar-refractivity contribution in [3.05, 3.63) is 71.8 Å². The SMILES string of the molecule is CC1(O)CCN(C(=O)c2ccccc2)C(c2ccccc2)C1NC(=O)C1CC1. The van der Waals surface area contributed by atoms with Crippen LogP contribution in [0.1, 0.15) is 48.1 Å². The minimum Gasteiger partial charge on any atom is -0.388 e. The molecule has 2 fully saturated rings. The van der Waals surface area contributed by atoms with E-state index in [9.17, 15) is 14.7 Å². The molecule has 5 heteroatoms. The van der Waals surface area contributed by atoms with Crippen LogP contribution in [-0.4, -0.2) is 40.0 Å². The molecule has 0 spiro atoms. The van der Waals surface area contributed by atoms with Crippen LogP contribution < -0.4 is 5.32 Å². The van der Waals surface area contributed by atoms with Crippen LogP contribution in [0.25, 0.3) is 0 Å². The second kappa shape index (κ2) is 7.40. The Kier molecular flexibility index (Phi) is 4.94. The van der Waals surface area contributed by atoms with Crippen molar-refractivity contribution >= 4 is 11.8 Å². The lowest BCUT2D eigenvalue weighted by Crippen LogP contribution is -2.63. The molecule has 5 nitrogen and oxygen atoms in total. The van der Waals surface area contributed by atoms with Crippen molar-refractivity contribution in [3.8, 4) is 0 Å². The monoisotopic (exact) mass is 378 g/mol.